The molecule has 0 fully saturated rings. The third-order valence-corrected chi connectivity index (χ3v) is 7.66. The van der Waals surface area contributed by atoms with Gasteiger partial charge >= 0.3 is 161 Å². The van der Waals surface area contributed by atoms with Crippen molar-refractivity contribution in [3.63, 3.8) is 0 Å². The summed E-state index contributed by atoms with van der Waals surface area (Å²) < 4.78 is 6.24. The van der Waals surface area contributed by atoms with Gasteiger partial charge in [0.15, 0.2) is 0 Å². The van der Waals surface area contributed by atoms with Gasteiger partial charge in [0.2, 0.25) is 0 Å². The van der Waals surface area contributed by atoms with Crippen LogP contribution in [0, 0.1) is 6.92 Å². The van der Waals surface area contributed by atoms with E-state index in [4.69, 9.17) is 4.52 Å². The molecule has 0 bridgehead atoms. The molecular formula is C23H27O3P. The van der Waals surface area contributed by atoms with Crippen molar-refractivity contribution in [2.45, 2.75) is 33.1 Å². The van der Waals surface area contributed by atoms with Crippen molar-refractivity contribution in [3.05, 3.63) is 90.0 Å². The molecule has 27 heavy (non-hydrogen) atoms. The van der Waals surface area contributed by atoms with Crippen LogP contribution in [0.25, 0.3) is 0 Å². The molecular weight excluding hydrogens is 355 g/mol. The molecule has 3 nitrogen and oxygen atoms in total. The van der Waals surface area contributed by atoms with Crippen molar-refractivity contribution in [2.24, 2.45) is 0 Å². The Morgan fingerprint density at radius 2 is 1.22 bits per heavy atom. The van der Waals surface area contributed by atoms with Crippen molar-refractivity contribution in [1.29, 1.82) is 0 Å². The number of hydrogen-bond acceptors (Lipinski definition) is 3. The Bertz CT molecular complexity index is 885. The summed E-state index contributed by atoms with van der Waals surface area (Å²) in [6.45, 7) is 8.21. The number of rotatable bonds is 4. The molecule has 2 N–H and O–H groups in total. The zero-order valence-corrected chi connectivity index (χ0v) is 17.1. The average Bonchev–Trinajstić information content (AvgIpc) is 2.62. The maximum atomic E-state index is 11.8. The average molecular weight is 382 g/mol. The third kappa shape index (κ3) is 3.77. The van der Waals surface area contributed by atoms with Gasteiger partial charge in [-0.2, -0.15) is 0 Å². The van der Waals surface area contributed by atoms with Gasteiger partial charge in [-0.15, -0.1) is 0 Å². The van der Waals surface area contributed by atoms with Crippen molar-refractivity contribution >= 4 is 17.9 Å². The molecule has 0 amide bonds. The van der Waals surface area contributed by atoms with Crippen LogP contribution >= 0.6 is 7.28 Å². The summed E-state index contributed by atoms with van der Waals surface area (Å²) in [6, 6.07) is 23.6. The Morgan fingerprint density at radius 3 is 1.67 bits per heavy atom. The van der Waals surface area contributed by atoms with Gasteiger partial charge in [0.25, 0.3) is 0 Å². The van der Waals surface area contributed by atoms with E-state index in [1.807, 2.05) is 37.3 Å². The van der Waals surface area contributed by atoms with Gasteiger partial charge in [0.05, 0.1) is 0 Å². The van der Waals surface area contributed by atoms with Gasteiger partial charge in [-0.1, -0.05) is 0 Å². The first-order valence-electron chi connectivity index (χ1n) is 9.04. The van der Waals surface area contributed by atoms with Crippen molar-refractivity contribution < 1.29 is 14.3 Å². The minimum absolute atomic E-state index is 0.208. The summed E-state index contributed by atoms with van der Waals surface area (Å²) >= 11 is 0. The summed E-state index contributed by atoms with van der Waals surface area (Å²) in [6.07, 6.45) is 0. The number of hydrogen-bond donors (Lipinski definition) is 2. The summed E-state index contributed by atoms with van der Waals surface area (Å²) in [5.74, 6) is 0.498. The maximum absolute atomic E-state index is 11.8. The van der Waals surface area contributed by atoms with Crippen LogP contribution in [0.15, 0.2) is 78.9 Å². The zero-order chi connectivity index (χ0) is 19.7. The Balaban J connectivity index is 2.26. The Morgan fingerprint density at radius 1 is 0.741 bits per heavy atom. The van der Waals surface area contributed by atoms with Crippen LogP contribution in [0.2, 0.25) is 0 Å². The second-order valence-corrected chi connectivity index (χ2v) is 11.1. The molecule has 0 saturated heterocycles. The van der Waals surface area contributed by atoms with E-state index in [9.17, 15) is 9.79 Å². The standard InChI is InChI=1S/C23H27O3P/c1-18-15-16-21(23(2,3)4)22(17-18)26-27(24,25,19-11-7-5-8-12-19)20-13-9-6-10-14-20/h5-17,24-25H,1-4H3. The molecule has 3 rings (SSSR count). The molecule has 0 aliphatic heterocycles. The molecule has 0 heterocycles. The second kappa shape index (κ2) is 6.76. The quantitative estimate of drug-likeness (QED) is 0.648. The molecule has 0 aromatic heterocycles. The molecule has 0 radical (unpaired) electrons. The fourth-order valence-electron chi connectivity index (χ4n) is 3.16. The van der Waals surface area contributed by atoms with Crippen LogP contribution in [0.3, 0.4) is 0 Å². The van der Waals surface area contributed by atoms with E-state index in [1.165, 1.54) is 0 Å². The van der Waals surface area contributed by atoms with E-state index in [0.717, 1.165) is 11.1 Å². The van der Waals surface area contributed by atoms with E-state index < -0.39 is 7.28 Å². The molecule has 0 spiro atoms. The van der Waals surface area contributed by atoms with E-state index in [-0.39, 0.29) is 5.41 Å². The molecule has 0 aliphatic rings. The van der Waals surface area contributed by atoms with Gasteiger partial charge < -0.3 is 0 Å². The van der Waals surface area contributed by atoms with E-state index in [0.29, 0.717) is 16.4 Å². The summed E-state index contributed by atoms with van der Waals surface area (Å²) in [5.41, 5.74) is 1.72. The minimum atomic E-state index is -4.88. The Kier molecular flexibility index (Phi) is 4.90. The summed E-state index contributed by atoms with van der Waals surface area (Å²) in [4.78, 5) is 23.6. The number of benzene rings is 3. The van der Waals surface area contributed by atoms with Crippen LogP contribution in [-0.2, 0) is 5.41 Å². The van der Waals surface area contributed by atoms with Crippen LogP contribution in [-0.4, -0.2) is 9.79 Å². The van der Waals surface area contributed by atoms with Crippen molar-refractivity contribution in [2.75, 3.05) is 0 Å². The normalized spacial score (nSPS) is 13.6. The second-order valence-electron chi connectivity index (χ2n) is 7.96. The molecule has 0 aliphatic carbocycles. The predicted octanol–water partition coefficient (Wildman–Crippen LogP) is 4.61. The van der Waals surface area contributed by atoms with Gasteiger partial charge in [-0.25, -0.2) is 0 Å². The first kappa shape index (κ1) is 19.6. The molecule has 3 aromatic rings. The van der Waals surface area contributed by atoms with Crippen LogP contribution in [0.4, 0.5) is 0 Å². The van der Waals surface area contributed by atoms with Gasteiger partial charge in [-0.3, -0.25) is 0 Å². The zero-order valence-electron chi connectivity index (χ0n) is 16.3. The molecule has 0 atom stereocenters. The van der Waals surface area contributed by atoms with Crippen molar-refractivity contribution in [1.82, 2.24) is 0 Å². The first-order valence-corrected chi connectivity index (χ1v) is 11.1. The van der Waals surface area contributed by atoms with Crippen LogP contribution < -0.4 is 15.1 Å². The van der Waals surface area contributed by atoms with Crippen LogP contribution in [0.5, 0.6) is 5.75 Å². The monoisotopic (exact) mass is 382 g/mol. The van der Waals surface area contributed by atoms with E-state index in [1.54, 1.807) is 48.5 Å². The van der Waals surface area contributed by atoms with E-state index in [2.05, 4.69) is 20.8 Å². The Labute approximate surface area is 161 Å². The van der Waals surface area contributed by atoms with Crippen molar-refractivity contribution in [3.8, 4) is 5.75 Å². The fourth-order valence-corrected chi connectivity index (χ4v) is 5.61. The van der Waals surface area contributed by atoms with E-state index >= 15 is 0 Å². The SMILES string of the molecule is Cc1ccc(C(C)(C)C)c(OP(O)(O)(c2ccccc2)c2ccccc2)c1. The topological polar surface area (TPSA) is 49.7 Å². The van der Waals surface area contributed by atoms with Gasteiger partial charge in [-0.05, 0) is 0 Å². The molecule has 0 unspecified atom stereocenters. The number of aryl methyl sites for hydroxylation is 1. The summed E-state index contributed by atoms with van der Waals surface area (Å²) in [5, 5.41) is 0.743. The Hall–Kier alpha value is -2.19. The molecule has 3 aromatic carbocycles. The van der Waals surface area contributed by atoms with Gasteiger partial charge in [0, 0.05) is 0 Å². The molecule has 142 valence electrons. The molecule has 0 saturated carbocycles. The first-order chi connectivity index (χ1) is 12.6. The molecule has 4 heteroatoms. The van der Waals surface area contributed by atoms with Crippen LogP contribution in [0.1, 0.15) is 31.9 Å². The predicted molar refractivity (Wildman–Crippen MR) is 114 cm³/mol. The van der Waals surface area contributed by atoms with Gasteiger partial charge in [0.1, 0.15) is 0 Å². The fraction of sp³-hybridized carbons (Fsp3) is 0.217. The summed E-state index contributed by atoms with van der Waals surface area (Å²) in [7, 11) is -4.88. The third-order valence-electron chi connectivity index (χ3n) is 4.66.